The lowest BCUT2D eigenvalue weighted by molar-refractivity contribution is -0.142. The molecule has 0 radical (unpaired) electrons. The molecule has 19 unspecified atom stereocenters. The van der Waals surface area contributed by atoms with Crippen LogP contribution in [0.1, 0.15) is 263 Å². The van der Waals surface area contributed by atoms with Gasteiger partial charge in [-0.05, 0) is 269 Å². The molecule has 0 aromatic rings. The maximum Gasteiger partial charge on any atom is 0.240 e. The van der Waals surface area contributed by atoms with Crippen LogP contribution in [0.2, 0.25) is 0 Å². The Bertz CT molecular complexity index is 2630. The number of ether oxygens (including phenoxy) is 2. The smallest absolute Gasteiger partial charge is 0.240 e. The largest absolute Gasteiger partial charge is 0.376 e. The molecule has 15 rings (SSSR count). The average Bonchev–Trinajstić information content (AvgIpc) is 1.76. The van der Waals surface area contributed by atoms with Crippen molar-refractivity contribution in [2.45, 2.75) is 346 Å². The molecular weight excluding hydrogens is 1310 g/mol. The molecule has 9 aliphatic heterocycles. The zero-order chi connectivity index (χ0) is 70.8. The van der Waals surface area contributed by atoms with Crippen LogP contribution < -0.4 is 26.6 Å². The van der Waals surface area contributed by atoms with Crippen molar-refractivity contribution in [3.8, 4) is 0 Å². The van der Waals surface area contributed by atoms with Gasteiger partial charge in [0, 0.05) is 81.4 Å². The van der Waals surface area contributed by atoms with Gasteiger partial charge in [0.05, 0.1) is 53.4 Å². The van der Waals surface area contributed by atoms with Gasteiger partial charge in [-0.1, -0.05) is 70.6 Å². The third-order valence-electron chi connectivity index (χ3n) is 28.0. The number of fused-ring (bicyclic) bond motifs is 5. The molecule has 0 aromatic heterocycles. The van der Waals surface area contributed by atoms with Crippen molar-refractivity contribution in [1.82, 2.24) is 51.1 Å². The molecule has 101 heavy (non-hydrogen) atoms. The number of rotatable bonds is 15. The van der Waals surface area contributed by atoms with Crippen LogP contribution in [0, 0.1) is 35.5 Å². The van der Waals surface area contributed by atoms with Gasteiger partial charge in [-0.2, -0.15) is 11.8 Å². The molecule has 9 saturated heterocycles. The summed E-state index contributed by atoms with van der Waals surface area (Å²) < 4.78 is 36.1. The van der Waals surface area contributed by atoms with Crippen LogP contribution in [0.25, 0.3) is 0 Å². The van der Waals surface area contributed by atoms with E-state index in [-0.39, 0.29) is 53.5 Å². The van der Waals surface area contributed by atoms with Crippen LogP contribution in [0.3, 0.4) is 0 Å². The number of carbonyl (C=O) groups excluding carboxylic acids is 5. The number of nitrogens with zero attached hydrogens (tertiary/aromatic N) is 5. The first-order chi connectivity index (χ1) is 49.2. The Hall–Kier alpha value is -2.63. The van der Waals surface area contributed by atoms with E-state index >= 15 is 0 Å². The minimum Gasteiger partial charge on any atom is -0.376 e. The molecule has 15 fully saturated rings. The molecule has 6 aliphatic carbocycles. The van der Waals surface area contributed by atoms with Crippen molar-refractivity contribution in [3.05, 3.63) is 0 Å². The predicted octanol–water partition coefficient (Wildman–Crippen LogP) is 10.4. The molecule has 19 nitrogen and oxygen atoms in total. The number of sulfone groups is 1. The summed E-state index contributed by atoms with van der Waals surface area (Å²) in [6, 6.07) is 2.37. The van der Waals surface area contributed by atoms with E-state index in [9.17, 15) is 32.4 Å². The molecule has 576 valence electrons. The molecule has 0 aromatic carbocycles. The van der Waals surface area contributed by atoms with Crippen molar-refractivity contribution < 1.29 is 41.9 Å². The molecule has 6 saturated carbocycles. The van der Waals surface area contributed by atoms with Crippen LogP contribution in [-0.4, -0.2) is 238 Å². The van der Waals surface area contributed by atoms with E-state index in [1.807, 2.05) is 40.1 Å². The number of nitrogens with one attached hydrogen (secondary N) is 5. The number of likely N-dealkylation sites (N-methyl/N-ethyl adjacent to an activating group) is 5. The van der Waals surface area contributed by atoms with Crippen molar-refractivity contribution >= 4 is 51.1 Å². The minimum absolute atomic E-state index is 0.0178. The van der Waals surface area contributed by atoms with Gasteiger partial charge in [0.25, 0.3) is 0 Å². The summed E-state index contributed by atoms with van der Waals surface area (Å²) in [5.41, 5.74) is 0. The van der Waals surface area contributed by atoms with Gasteiger partial charge in [0.1, 0.15) is 0 Å². The standard InChI is InChI=1S/C17H30N2OS.C17H30N2O.C16H28N2O3S.C16H28N2O2.C14H24N2O2/c1-18-15-10-9-13-6-5-8-16(13)19(17(15)20)12-14-7-3-2-4-11-21-14;1-18-15-11-10-14-8-5-9-16(14)19(17(15)20)12-13-6-3-2-4-7-13;1-17-14-9-8-12-5-4-7-15(12)18(16(14)19)11-13-6-2-3-10-22(13,20)21;1-17-14-9-8-12-5-4-7-15(12)18(16(14)19)11-13-6-2-3-10-20-13;1-15-12-6-5-10-3-2-4-13(10)16(14(12)17)9-11-7-8-18-11/h13-16,18H,2-12H2,1H3;13-16,18H,2-12H2,1H3;12-15,17H,2-11H2,1H3;12-15,17H,2-11H2,1H3;10-13,15H,2-9H2,1H3. The SMILES string of the molecule is CNC1CCC2CCCC2N(CC2CCCCC2)C1=O.CNC1CCC2CCCC2N(CC2CCCCCS2)C1=O.CNC1CCC2CCCC2N(CC2CCCCO2)C1=O.CNC1CCC2CCCC2N(CC2CCCCS2(=O)=O)C1=O.CNC1CCC2CCCC2N(CC2CCO2)C1=O. The van der Waals surface area contributed by atoms with Gasteiger partial charge in [-0.25, -0.2) is 8.42 Å². The normalized spacial score (nSPS) is 38.2. The number of thioether (sulfide) groups is 1. The molecule has 15 aliphatic rings. The van der Waals surface area contributed by atoms with Gasteiger partial charge in [-0.15, -0.1) is 0 Å². The minimum atomic E-state index is -3.03. The van der Waals surface area contributed by atoms with Crippen molar-refractivity contribution in [2.24, 2.45) is 35.5 Å². The third kappa shape index (κ3) is 20.6. The van der Waals surface area contributed by atoms with E-state index in [4.69, 9.17) is 9.47 Å². The van der Waals surface area contributed by atoms with Gasteiger partial charge in [0.2, 0.25) is 29.5 Å². The summed E-state index contributed by atoms with van der Waals surface area (Å²) in [6.45, 7) is 5.84. The van der Waals surface area contributed by atoms with E-state index in [1.165, 1.54) is 192 Å². The summed E-state index contributed by atoms with van der Waals surface area (Å²) in [5, 5.41) is 16.4. The lowest BCUT2D eigenvalue weighted by Gasteiger charge is -2.37. The summed E-state index contributed by atoms with van der Waals surface area (Å²) in [6.07, 6.45) is 49.6. The van der Waals surface area contributed by atoms with E-state index in [0.29, 0.717) is 83.8 Å². The zero-order valence-electron chi connectivity index (χ0n) is 63.6. The second-order valence-electron chi connectivity index (χ2n) is 33.9. The molecular formula is C80H140N10O9S2. The molecule has 19 atom stereocenters. The summed E-state index contributed by atoms with van der Waals surface area (Å²) in [7, 11) is 6.52. The van der Waals surface area contributed by atoms with E-state index < -0.39 is 9.84 Å². The molecule has 0 bridgehead atoms. The summed E-state index contributed by atoms with van der Waals surface area (Å²) in [4.78, 5) is 74.9. The van der Waals surface area contributed by atoms with Gasteiger partial charge in [0.15, 0.2) is 9.84 Å². The number of hydrogen-bond donors (Lipinski definition) is 5. The summed E-state index contributed by atoms with van der Waals surface area (Å²) >= 11 is 2.12. The van der Waals surface area contributed by atoms with E-state index in [2.05, 4.69) is 57.9 Å². The predicted molar refractivity (Wildman–Crippen MR) is 405 cm³/mol. The Morgan fingerprint density at radius 1 is 0.327 bits per heavy atom. The Labute approximate surface area is 615 Å². The third-order valence-corrected chi connectivity index (χ3v) is 31.6. The highest BCUT2D eigenvalue weighted by Crippen LogP contribution is 2.43. The number of amides is 5. The van der Waals surface area contributed by atoms with E-state index in [0.717, 1.165) is 140 Å². The topological polar surface area (TPSA) is 214 Å². The van der Waals surface area contributed by atoms with Gasteiger partial charge >= 0.3 is 0 Å². The van der Waals surface area contributed by atoms with Crippen LogP contribution in [-0.2, 0) is 43.3 Å². The highest BCUT2D eigenvalue weighted by Gasteiger charge is 2.47. The van der Waals surface area contributed by atoms with Crippen LogP contribution in [0.4, 0.5) is 0 Å². The Balaban J connectivity index is 0.000000127. The fraction of sp³-hybridized carbons (Fsp3) is 0.938. The second-order valence-corrected chi connectivity index (χ2v) is 37.7. The maximum atomic E-state index is 12.9. The van der Waals surface area contributed by atoms with Crippen LogP contribution in [0.15, 0.2) is 0 Å². The lowest BCUT2D eigenvalue weighted by atomic mass is 9.88. The quantitative estimate of drug-likeness (QED) is 0.103. The molecule has 5 amide bonds. The van der Waals surface area contributed by atoms with Crippen molar-refractivity contribution in [3.63, 3.8) is 0 Å². The van der Waals surface area contributed by atoms with Crippen LogP contribution >= 0.6 is 11.8 Å². The fourth-order valence-electron chi connectivity index (χ4n) is 21.9. The highest BCUT2D eigenvalue weighted by molar-refractivity contribution is 7.99. The molecule has 9 heterocycles. The van der Waals surface area contributed by atoms with Gasteiger partial charge in [-0.3, -0.25) is 24.0 Å². The number of carbonyl (C=O) groups is 5. The molecule has 0 spiro atoms. The van der Waals surface area contributed by atoms with E-state index in [1.54, 1.807) is 0 Å². The Morgan fingerprint density at radius 3 is 1.05 bits per heavy atom. The zero-order valence-corrected chi connectivity index (χ0v) is 65.3. The second kappa shape index (κ2) is 39.5. The van der Waals surface area contributed by atoms with Gasteiger partial charge < -0.3 is 60.6 Å². The average molecular weight is 1450 g/mol. The lowest BCUT2D eigenvalue weighted by Crippen LogP contribution is -2.52. The highest BCUT2D eigenvalue weighted by atomic mass is 32.2. The molecule has 21 heteroatoms. The van der Waals surface area contributed by atoms with Crippen LogP contribution in [0.5, 0.6) is 0 Å². The Morgan fingerprint density at radius 2 is 0.673 bits per heavy atom. The monoisotopic (exact) mass is 1450 g/mol. The Kier molecular flexibility index (Phi) is 31.0. The molecule has 5 N–H and O–H groups in total. The first-order valence-corrected chi connectivity index (χ1v) is 44.9. The first kappa shape index (κ1) is 79.4. The summed E-state index contributed by atoms with van der Waals surface area (Å²) in [5.74, 6) is 7.44. The fourth-order valence-corrected chi connectivity index (χ4v) is 25.0. The number of likely N-dealkylation sites (tertiary alicyclic amines) is 5. The van der Waals surface area contributed by atoms with Crippen molar-refractivity contribution in [2.75, 3.05) is 92.7 Å². The first-order valence-electron chi connectivity index (χ1n) is 42.2. The maximum absolute atomic E-state index is 12.9. The number of hydrogen-bond acceptors (Lipinski definition) is 15. The van der Waals surface area contributed by atoms with Crippen molar-refractivity contribution in [1.29, 1.82) is 0 Å².